The largest absolute Gasteiger partial charge is 0.382 e. The highest BCUT2D eigenvalue weighted by atomic mass is 35.5. The van der Waals surface area contributed by atoms with Gasteiger partial charge in [-0.15, -0.1) is 0 Å². The van der Waals surface area contributed by atoms with Crippen molar-refractivity contribution >= 4 is 51.9 Å². The Morgan fingerprint density at radius 3 is 2.50 bits per heavy atom. The fraction of sp³-hybridized carbons (Fsp3) is 0.182. The van der Waals surface area contributed by atoms with Crippen LogP contribution in [0.3, 0.4) is 0 Å². The summed E-state index contributed by atoms with van der Waals surface area (Å²) in [6.07, 6.45) is 1.84. The van der Waals surface area contributed by atoms with Gasteiger partial charge in [0.15, 0.2) is 0 Å². The van der Waals surface area contributed by atoms with E-state index < -0.39 is 0 Å². The van der Waals surface area contributed by atoms with Gasteiger partial charge in [-0.2, -0.15) is 0 Å². The van der Waals surface area contributed by atoms with Crippen molar-refractivity contribution in [3.8, 4) is 11.1 Å². The second-order valence-electron chi connectivity index (χ2n) is 6.77. The Bertz CT molecular complexity index is 1030. The van der Waals surface area contributed by atoms with E-state index in [-0.39, 0.29) is 0 Å². The fourth-order valence-electron chi connectivity index (χ4n) is 3.56. The first-order chi connectivity index (χ1) is 13.6. The third-order valence-corrected chi connectivity index (χ3v) is 6.08. The summed E-state index contributed by atoms with van der Waals surface area (Å²) in [5, 5.41) is 8.62. The highest BCUT2D eigenvalue weighted by Crippen LogP contribution is 2.45. The number of nitrogens with two attached hydrogens (primary N) is 1. The number of anilines is 3. The quantitative estimate of drug-likeness (QED) is 0.439. The lowest BCUT2D eigenvalue weighted by Crippen LogP contribution is -2.14. The van der Waals surface area contributed by atoms with E-state index in [9.17, 15) is 0 Å². The molecule has 3 aromatic carbocycles. The van der Waals surface area contributed by atoms with Crippen molar-refractivity contribution in [1.29, 1.82) is 0 Å². The number of para-hydroxylation sites is 1. The zero-order valence-corrected chi connectivity index (χ0v) is 17.4. The predicted molar refractivity (Wildman–Crippen MR) is 122 cm³/mol. The zero-order valence-electron chi connectivity index (χ0n) is 15.2. The van der Waals surface area contributed by atoms with Crippen LogP contribution in [-0.4, -0.2) is 13.1 Å². The molecule has 3 nitrogen and oxygen atoms in total. The summed E-state index contributed by atoms with van der Waals surface area (Å²) < 4.78 is 0. The van der Waals surface area contributed by atoms with E-state index in [1.165, 1.54) is 11.1 Å². The molecule has 0 fully saturated rings. The van der Waals surface area contributed by atoms with E-state index in [1.807, 2.05) is 18.2 Å². The minimum Gasteiger partial charge on any atom is -0.382 e. The molecule has 0 aliphatic carbocycles. The second-order valence-corrected chi connectivity index (χ2v) is 7.97. The van der Waals surface area contributed by atoms with Crippen molar-refractivity contribution < 1.29 is 0 Å². The third kappa shape index (κ3) is 3.68. The normalized spacial score (nSPS) is 12.6. The number of hydrogen-bond donors (Lipinski definition) is 3. The highest BCUT2D eigenvalue weighted by molar-refractivity contribution is 6.42. The summed E-state index contributed by atoms with van der Waals surface area (Å²) in [4.78, 5) is 0. The summed E-state index contributed by atoms with van der Waals surface area (Å²) in [6, 6.07) is 16.1. The first-order valence-electron chi connectivity index (χ1n) is 9.18. The van der Waals surface area contributed by atoms with Crippen LogP contribution in [-0.2, 0) is 12.8 Å². The van der Waals surface area contributed by atoms with Gasteiger partial charge in [0.2, 0.25) is 0 Å². The first-order valence-corrected chi connectivity index (χ1v) is 10.3. The number of hydrogen-bond acceptors (Lipinski definition) is 3. The number of rotatable bonds is 4. The lowest BCUT2D eigenvalue weighted by molar-refractivity contribution is 0.977. The molecule has 1 heterocycles. The molecule has 0 amide bonds. The van der Waals surface area contributed by atoms with Gasteiger partial charge in [-0.1, -0.05) is 59.1 Å². The maximum Gasteiger partial charge on any atom is 0.0881 e. The highest BCUT2D eigenvalue weighted by Gasteiger charge is 2.21. The summed E-state index contributed by atoms with van der Waals surface area (Å²) in [7, 11) is 0. The van der Waals surface area contributed by atoms with Crippen molar-refractivity contribution in [2.24, 2.45) is 5.73 Å². The van der Waals surface area contributed by atoms with Gasteiger partial charge in [-0.05, 0) is 53.8 Å². The van der Waals surface area contributed by atoms with Gasteiger partial charge in [0, 0.05) is 24.3 Å². The number of benzene rings is 3. The molecule has 0 radical (unpaired) electrons. The number of aryl methyl sites for hydroxylation is 2. The molecule has 6 heteroatoms. The van der Waals surface area contributed by atoms with Gasteiger partial charge in [0.1, 0.15) is 0 Å². The Morgan fingerprint density at radius 1 is 0.929 bits per heavy atom. The van der Waals surface area contributed by atoms with E-state index in [2.05, 4.69) is 34.9 Å². The fourth-order valence-corrected chi connectivity index (χ4v) is 4.20. The molecule has 4 rings (SSSR count). The first kappa shape index (κ1) is 19.4. The smallest absolute Gasteiger partial charge is 0.0881 e. The summed E-state index contributed by atoms with van der Waals surface area (Å²) in [5.74, 6) is 0. The molecule has 0 unspecified atom stereocenters. The Morgan fingerprint density at radius 2 is 1.71 bits per heavy atom. The molecule has 144 valence electrons. The van der Waals surface area contributed by atoms with Crippen molar-refractivity contribution in [3.63, 3.8) is 0 Å². The van der Waals surface area contributed by atoms with Crippen LogP contribution in [0, 0.1) is 0 Å². The third-order valence-electron chi connectivity index (χ3n) is 4.97. The number of halogens is 3. The van der Waals surface area contributed by atoms with E-state index in [0.717, 1.165) is 41.0 Å². The molecular weight excluding hydrogens is 413 g/mol. The molecule has 4 N–H and O–H groups in total. The SMILES string of the molecule is NCCNc1c(-c2ccc(Cl)c(Cl)c2)cc2c(c1Cl)Nc1ccccc1CC2. The monoisotopic (exact) mass is 431 g/mol. The van der Waals surface area contributed by atoms with Crippen molar-refractivity contribution in [2.75, 3.05) is 23.7 Å². The van der Waals surface area contributed by atoms with Gasteiger partial charge in [0.25, 0.3) is 0 Å². The van der Waals surface area contributed by atoms with Gasteiger partial charge in [0.05, 0.1) is 26.4 Å². The summed E-state index contributed by atoms with van der Waals surface area (Å²) >= 11 is 19.3. The minimum absolute atomic E-state index is 0.504. The average molecular weight is 433 g/mol. The Hall–Kier alpha value is -1.91. The molecule has 0 saturated heterocycles. The summed E-state index contributed by atoms with van der Waals surface area (Å²) in [6.45, 7) is 1.12. The molecule has 0 atom stereocenters. The van der Waals surface area contributed by atoms with Crippen LogP contribution in [0.2, 0.25) is 15.1 Å². The molecule has 3 aromatic rings. The van der Waals surface area contributed by atoms with Crippen LogP contribution in [0.1, 0.15) is 11.1 Å². The Balaban J connectivity index is 1.88. The van der Waals surface area contributed by atoms with E-state index in [0.29, 0.717) is 28.2 Å². The van der Waals surface area contributed by atoms with Crippen LogP contribution in [0.5, 0.6) is 0 Å². The van der Waals surface area contributed by atoms with Crippen LogP contribution in [0.4, 0.5) is 17.1 Å². The summed E-state index contributed by atoms with van der Waals surface area (Å²) in [5.41, 5.74) is 13.0. The molecular formula is C22H20Cl3N3. The van der Waals surface area contributed by atoms with Gasteiger partial charge in [-0.3, -0.25) is 0 Å². The molecule has 0 bridgehead atoms. The lowest BCUT2D eigenvalue weighted by atomic mass is 9.96. The van der Waals surface area contributed by atoms with Crippen LogP contribution in [0.25, 0.3) is 11.1 Å². The molecule has 0 aromatic heterocycles. The maximum atomic E-state index is 6.90. The average Bonchev–Trinajstić information content (AvgIpc) is 2.89. The van der Waals surface area contributed by atoms with Gasteiger partial charge in [-0.25, -0.2) is 0 Å². The topological polar surface area (TPSA) is 50.1 Å². The van der Waals surface area contributed by atoms with Crippen molar-refractivity contribution in [3.05, 3.63) is 74.7 Å². The van der Waals surface area contributed by atoms with Crippen molar-refractivity contribution in [1.82, 2.24) is 0 Å². The maximum absolute atomic E-state index is 6.90. The molecule has 28 heavy (non-hydrogen) atoms. The molecule has 0 spiro atoms. The minimum atomic E-state index is 0.504. The Labute approximate surface area is 179 Å². The molecule has 1 aliphatic heterocycles. The molecule has 1 aliphatic rings. The molecule has 0 saturated carbocycles. The number of fused-ring (bicyclic) bond motifs is 2. The number of nitrogens with one attached hydrogen (secondary N) is 2. The van der Waals surface area contributed by atoms with Gasteiger partial charge >= 0.3 is 0 Å². The van der Waals surface area contributed by atoms with E-state index in [1.54, 1.807) is 6.07 Å². The van der Waals surface area contributed by atoms with Crippen molar-refractivity contribution in [2.45, 2.75) is 12.8 Å². The zero-order chi connectivity index (χ0) is 19.7. The standard InChI is InChI=1S/C22H20Cl3N3/c23-17-8-7-14(12-18(17)24)16-11-15-6-5-13-3-1-2-4-19(13)28-21(15)20(25)22(16)27-10-9-26/h1-4,7-8,11-12,27-28H,5-6,9-10,26H2. The van der Waals surface area contributed by atoms with Crippen LogP contribution in [0.15, 0.2) is 48.5 Å². The Kier molecular flexibility index (Phi) is 5.70. The lowest BCUT2D eigenvalue weighted by Gasteiger charge is -2.20. The van der Waals surface area contributed by atoms with E-state index in [4.69, 9.17) is 40.5 Å². The van der Waals surface area contributed by atoms with E-state index >= 15 is 0 Å². The second kappa shape index (κ2) is 8.22. The van der Waals surface area contributed by atoms with Crippen LogP contribution >= 0.6 is 34.8 Å². The van der Waals surface area contributed by atoms with Crippen LogP contribution < -0.4 is 16.4 Å². The van der Waals surface area contributed by atoms with Gasteiger partial charge < -0.3 is 16.4 Å². The predicted octanol–water partition coefficient (Wildman–Crippen LogP) is 6.53.